The van der Waals surface area contributed by atoms with Crippen LogP contribution < -0.4 is 0 Å². The number of carbonyl (C=O) groups is 3. The summed E-state index contributed by atoms with van der Waals surface area (Å²) in [4.78, 5) is 37.4. The predicted octanol–water partition coefficient (Wildman–Crippen LogP) is 4.58. The van der Waals surface area contributed by atoms with Gasteiger partial charge in [0, 0.05) is 22.8 Å². The van der Waals surface area contributed by atoms with E-state index in [0.29, 0.717) is 31.6 Å². The number of carbonyl (C=O) groups excluding carboxylic acids is 3. The highest BCUT2D eigenvalue weighted by molar-refractivity contribution is 5.92. The van der Waals surface area contributed by atoms with E-state index in [-0.39, 0.29) is 28.8 Å². The molecule has 2 fully saturated rings. The highest BCUT2D eigenvalue weighted by atomic mass is 16.6. The van der Waals surface area contributed by atoms with Crippen LogP contribution in [0.1, 0.15) is 77.2 Å². The zero-order valence-electron chi connectivity index (χ0n) is 20.3. The van der Waals surface area contributed by atoms with Crippen LogP contribution in [-0.4, -0.2) is 23.1 Å². The third-order valence-corrected chi connectivity index (χ3v) is 8.78. The third-order valence-electron chi connectivity index (χ3n) is 8.78. The van der Waals surface area contributed by atoms with E-state index in [4.69, 9.17) is 8.85 Å². The van der Waals surface area contributed by atoms with E-state index in [1.807, 2.05) is 13.0 Å². The molecule has 2 saturated carbocycles. The van der Waals surface area contributed by atoms with Crippen molar-refractivity contribution in [3.63, 3.8) is 0 Å². The summed E-state index contributed by atoms with van der Waals surface area (Å²) >= 11 is 0. The maximum atomic E-state index is 12.9. The highest BCUT2D eigenvalue weighted by Crippen LogP contribution is 2.67. The summed E-state index contributed by atoms with van der Waals surface area (Å²) in [7, 11) is 0. The van der Waals surface area contributed by atoms with Gasteiger partial charge in [-0.3, -0.25) is 14.4 Å². The average Bonchev–Trinajstić information content (AvgIpc) is 2.96. The van der Waals surface area contributed by atoms with Crippen LogP contribution in [0.25, 0.3) is 0 Å². The van der Waals surface area contributed by atoms with Crippen LogP contribution in [0.2, 0.25) is 0 Å². The lowest BCUT2D eigenvalue weighted by atomic mass is 9.47. The normalized spacial score (nSPS) is 46.6. The van der Waals surface area contributed by atoms with Crippen molar-refractivity contribution in [2.45, 2.75) is 78.7 Å². The molecule has 0 aromatic carbocycles. The standard InChI is InChI=1S/C24H32O4/c1-14-12-18-19(22(4)9-6-17(27)13-21(14)22)7-10-23(5)20(18)8-11-24(23,15(2)25)28-16(3)26/h12-13,18-20H,6-11H2,1-5H3/t18?,19?,20?,22?,23?,24-/m0/s1/i3D3. The Hall–Kier alpha value is -1.71. The number of Topliss-reactive ketones (excluding diaryl/α,β-unsaturated/α-hetero) is 1. The van der Waals surface area contributed by atoms with E-state index in [1.165, 1.54) is 6.92 Å². The van der Waals surface area contributed by atoms with Gasteiger partial charge in [0.25, 0.3) is 0 Å². The molecule has 0 aromatic heterocycles. The molecule has 6 atom stereocenters. The maximum absolute atomic E-state index is 12.9. The molecule has 0 aromatic rings. The number of ether oxygens (including phenoxy) is 1. The molecule has 4 heteroatoms. The second-order valence-corrected chi connectivity index (χ2v) is 9.85. The van der Waals surface area contributed by atoms with Crippen LogP contribution in [0.15, 0.2) is 23.3 Å². The summed E-state index contributed by atoms with van der Waals surface area (Å²) in [5, 5.41) is 0. The lowest BCUT2D eigenvalue weighted by Crippen LogP contribution is -2.58. The molecule has 0 aliphatic heterocycles. The fourth-order valence-corrected chi connectivity index (χ4v) is 7.39. The first-order valence-electron chi connectivity index (χ1n) is 11.9. The molecular weight excluding hydrogens is 352 g/mol. The summed E-state index contributed by atoms with van der Waals surface area (Å²) in [6.45, 7) is 4.87. The molecule has 4 aliphatic carbocycles. The minimum Gasteiger partial charge on any atom is -0.451 e. The van der Waals surface area contributed by atoms with Gasteiger partial charge < -0.3 is 4.74 Å². The summed E-state index contributed by atoms with van der Waals surface area (Å²) < 4.78 is 28.0. The second-order valence-electron chi connectivity index (χ2n) is 9.85. The van der Waals surface area contributed by atoms with Crippen molar-refractivity contribution >= 4 is 17.5 Å². The number of ketones is 2. The summed E-state index contributed by atoms with van der Waals surface area (Å²) in [6.07, 6.45) is 8.10. The number of fused-ring (bicyclic) bond motifs is 5. The molecule has 0 bridgehead atoms. The van der Waals surface area contributed by atoms with Crippen molar-refractivity contribution in [1.29, 1.82) is 0 Å². The van der Waals surface area contributed by atoms with Gasteiger partial charge in [-0.1, -0.05) is 25.5 Å². The minimum atomic E-state index is -2.89. The van der Waals surface area contributed by atoms with Crippen LogP contribution in [0.3, 0.4) is 0 Å². The highest BCUT2D eigenvalue weighted by Gasteiger charge is 2.67. The van der Waals surface area contributed by atoms with E-state index in [2.05, 4.69) is 19.9 Å². The Morgan fingerprint density at radius 2 is 1.89 bits per heavy atom. The maximum Gasteiger partial charge on any atom is 0.303 e. The minimum absolute atomic E-state index is 0.0738. The predicted molar refractivity (Wildman–Crippen MR) is 106 cm³/mol. The van der Waals surface area contributed by atoms with Crippen LogP contribution in [-0.2, 0) is 19.1 Å². The van der Waals surface area contributed by atoms with Gasteiger partial charge in [0.05, 0.1) is 0 Å². The van der Waals surface area contributed by atoms with Crippen molar-refractivity contribution < 1.29 is 23.2 Å². The van der Waals surface area contributed by atoms with Gasteiger partial charge in [0.1, 0.15) is 0 Å². The molecule has 0 heterocycles. The van der Waals surface area contributed by atoms with Crippen molar-refractivity contribution in [2.24, 2.45) is 28.6 Å². The SMILES string of the molecule is [2H]C([2H])([2H])C(=O)O[C@]1(C(C)=O)CCC2C3C=C(C)C4=CC(=O)CCC4(C)C3CCC21C. The summed E-state index contributed by atoms with van der Waals surface area (Å²) in [5.74, 6) is -0.681. The van der Waals surface area contributed by atoms with E-state index >= 15 is 0 Å². The van der Waals surface area contributed by atoms with E-state index in [0.717, 1.165) is 24.0 Å². The Kier molecular flexibility index (Phi) is 3.54. The first-order chi connectivity index (χ1) is 14.3. The van der Waals surface area contributed by atoms with Gasteiger partial charge in [-0.15, -0.1) is 0 Å². The molecular formula is C24H32O4. The van der Waals surface area contributed by atoms with Gasteiger partial charge in [-0.05, 0) is 80.8 Å². The smallest absolute Gasteiger partial charge is 0.303 e. The van der Waals surface area contributed by atoms with Gasteiger partial charge in [-0.2, -0.15) is 0 Å². The van der Waals surface area contributed by atoms with Gasteiger partial charge in [0.15, 0.2) is 17.2 Å². The summed E-state index contributed by atoms with van der Waals surface area (Å²) in [5.41, 5.74) is 0.198. The number of rotatable bonds is 2. The first kappa shape index (κ1) is 16.1. The molecule has 0 saturated heterocycles. The molecule has 4 rings (SSSR count). The molecule has 4 aliphatic rings. The monoisotopic (exact) mass is 387 g/mol. The topological polar surface area (TPSA) is 60.4 Å². The Balaban J connectivity index is 1.76. The number of allylic oxidation sites excluding steroid dienone is 4. The zero-order valence-corrected chi connectivity index (χ0v) is 17.3. The average molecular weight is 388 g/mol. The lowest BCUT2D eigenvalue weighted by Gasteiger charge is -2.58. The summed E-state index contributed by atoms with van der Waals surface area (Å²) in [6, 6.07) is 0. The molecule has 0 spiro atoms. The molecule has 0 amide bonds. The Labute approximate surface area is 172 Å². The molecule has 152 valence electrons. The van der Waals surface area contributed by atoms with Crippen LogP contribution in [0, 0.1) is 28.6 Å². The van der Waals surface area contributed by atoms with Crippen molar-refractivity contribution in [3.05, 3.63) is 23.3 Å². The lowest BCUT2D eigenvalue weighted by molar-refractivity contribution is -0.185. The van der Waals surface area contributed by atoms with Crippen molar-refractivity contribution in [1.82, 2.24) is 0 Å². The van der Waals surface area contributed by atoms with Gasteiger partial charge in [-0.25, -0.2) is 0 Å². The van der Waals surface area contributed by atoms with Crippen molar-refractivity contribution in [3.8, 4) is 0 Å². The number of hydrogen-bond acceptors (Lipinski definition) is 4. The molecule has 5 unspecified atom stereocenters. The third kappa shape index (κ3) is 2.39. The number of hydrogen-bond donors (Lipinski definition) is 0. The first-order valence-corrected chi connectivity index (χ1v) is 10.4. The van der Waals surface area contributed by atoms with Crippen LogP contribution in [0.5, 0.6) is 0 Å². The van der Waals surface area contributed by atoms with E-state index < -0.39 is 23.8 Å². The Bertz CT molecular complexity index is 916. The molecule has 4 nitrogen and oxygen atoms in total. The molecule has 28 heavy (non-hydrogen) atoms. The second kappa shape index (κ2) is 6.14. The fraction of sp³-hybridized carbons (Fsp3) is 0.708. The fourth-order valence-electron chi connectivity index (χ4n) is 7.39. The van der Waals surface area contributed by atoms with Gasteiger partial charge in [0.2, 0.25) is 0 Å². The molecule has 0 radical (unpaired) electrons. The van der Waals surface area contributed by atoms with Crippen LogP contribution in [0.4, 0.5) is 0 Å². The van der Waals surface area contributed by atoms with E-state index in [1.54, 1.807) is 0 Å². The Morgan fingerprint density at radius 1 is 1.18 bits per heavy atom. The quantitative estimate of drug-likeness (QED) is 0.651. The Morgan fingerprint density at radius 3 is 2.57 bits per heavy atom. The van der Waals surface area contributed by atoms with Gasteiger partial charge >= 0.3 is 5.97 Å². The largest absolute Gasteiger partial charge is 0.451 e. The van der Waals surface area contributed by atoms with Crippen LogP contribution >= 0.6 is 0 Å². The number of esters is 1. The molecule has 0 N–H and O–H groups in total. The van der Waals surface area contributed by atoms with Crippen molar-refractivity contribution in [2.75, 3.05) is 0 Å². The van der Waals surface area contributed by atoms with E-state index in [9.17, 15) is 14.4 Å². The zero-order chi connectivity index (χ0) is 23.0.